The third-order valence-electron chi connectivity index (χ3n) is 3.04. The number of anilines is 1. The van der Waals surface area contributed by atoms with Crippen LogP contribution in [0.2, 0.25) is 0 Å². The molecule has 22 heavy (non-hydrogen) atoms. The minimum atomic E-state index is -5.73. The van der Waals surface area contributed by atoms with E-state index in [0.29, 0.717) is 16.9 Å². The maximum absolute atomic E-state index is 13.5. The molecule has 0 fully saturated rings. The van der Waals surface area contributed by atoms with Gasteiger partial charge in [0.25, 0.3) is 0 Å². The molecule has 0 saturated heterocycles. The Morgan fingerprint density at radius 2 is 1.45 bits per heavy atom. The first-order chi connectivity index (χ1) is 10.00. The van der Waals surface area contributed by atoms with Crippen molar-refractivity contribution in [1.82, 2.24) is 20.2 Å². The molecule has 120 valence electrons. The Morgan fingerprint density at radius 1 is 0.955 bits per heavy atom. The number of tetrazole rings is 1. The monoisotopic (exact) mass is 325 g/mol. The van der Waals surface area contributed by atoms with Crippen molar-refractivity contribution in [2.75, 3.05) is 5.73 Å². The van der Waals surface area contributed by atoms with Gasteiger partial charge in [0.05, 0.1) is 7.05 Å². The van der Waals surface area contributed by atoms with E-state index in [4.69, 9.17) is 5.73 Å². The second kappa shape index (κ2) is 4.85. The molecule has 1 aromatic heterocycles. The van der Waals surface area contributed by atoms with Crippen LogP contribution in [0.15, 0.2) is 24.3 Å². The predicted octanol–water partition coefficient (Wildman–Crippen LogP) is 2.20. The summed E-state index contributed by atoms with van der Waals surface area (Å²) in [5.74, 6) is -1.50. The smallest absolute Gasteiger partial charge is 0.399 e. The second-order valence-corrected chi connectivity index (χ2v) is 4.47. The number of nitrogen functional groups attached to an aromatic ring is 1. The van der Waals surface area contributed by atoms with Crippen molar-refractivity contribution in [3.05, 3.63) is 35.7 Å². The third-order valence-corrected chi connectivity index (χ3v) is 3.04. The minimum absolute atomic E-state index is 0.0223. The van der Waals surface area contributed by atoms with Crippen LogP contribution in [0.3, 0.4) is 0 Å². The van der Waals surface area contributed by atoms with Gasteiger partial charge in [-0.1, -0.05) is 12.1 Å². The van der Waals surface area contributed by atoms with Crippen LogP contribution in [0.4, 0.5) is 32.0 Å². The average molecular weight is 325 g/mol. The molecule has 0 bridgehead atoms. The summed E-state index contributed by atoms with van der Waals surface area (Å²) in [4.78, 5) is 0.527. The fourth-order valence-corrected chi connectivity index (χ4v) is 2.04. The van der Waals surface area contributed by atoms with Gasteiger partial charge < -0.3 is 5.73 Å². The van der Waals surface area contributed by atoms with E-state index in [1.807, 2.05) is 0 Å². The number of nitrogens with two attached hydrogens (primary N) is 1. The molecule has 0 amide bonds. The number of hydrogen-bond donors (Lipinski definition) is 1. The highest BCUT2D eigenvalue weighted by molar-refractivity contribution is 5.45. The molecular formula is C11H9F6N5. The quantitative estimate of drug-likeness (QED) is 0.679. The van der Waals surface area contributed by atoms with Crippen molar-refractivity contribution < 1.29 is 26.3 Å². The first-order valence-electron chi connectivity index (χ1n) is 5.74. The third kappa shape index (κ3) is 2.25. The Kier molecular flexibility index (Phi) is 3.54. The van der Waals surface area contributed by atoms with Crippen molar-refractivity contribution >= 4 is 5.69 Å². The predicted molar refractivity (Wildman–Crippen MR) is 62.5 cm³/mol. The molecule has 2 N–H and O–H groups in total. The molecule has 0 radical (unpaired) electrons. The second-order valence-electron chi connectivity index (χ2n) is 4.47. The van der Waals surface area contributed by atoms with Crippen LogP contribution in [0.1, 0.15) is 11.4 Å². The Morgan fingerprint density at radius 3 is 1.82 bits per heavy atom. The summed E-state index contributed by atoms with van der Waals surface area (Å²) in [5, 5.41) is 9.17. The molecule has 0 atom stereocenters. The maximum atomic E-state index is 13.5. The zero-order valence-corrected chi connectivity index (χ0v) is 10.9. The van der Waals surface area contributed by atoms with Crippen molar-refractivity contribution in [1.29, 1.82) is 0 Å². The Hall–Kier alpha value is -2.33. The summed E-state index contributed by atoms with van der Waals surface area (Å²) in [6, 6.07) is 3.18. The van der Waals surface area contributed by atoms with Gasteiger partial charge in [-0.3, -0.25) is 0 Å². The fourth-order valence-electron chi connectivity index (χ4n) is 2.04. The molecule has 0 aliphatic carbocycles. The molecule has 11 heteroatoms. The molecule has 0 unspecified atom stereocenters. The van der Waals surface area contributed by atoms with Gasteiger partial charge in [0, 0.05) is 5.69 Å². The minimum Gasteiger partial charge on any atom is -0.399 e. The zero-order chi connectivity index (χ0) is 16.8. The van der Waals surface area contributed by atoms with Gasteiger partial charge in [0.15, 0.2) is 0 Å². The van der Waals surface area contributed by atoms with Gasteiger partial charge in [-0.15, -0.1) is 10.2 Å². The number of nitrogens with zero attached hydrogens (tertiary/aromatic N) is 4. The largest absolute Gasteiger partial charge is 0.414 e. The molecule has 1 aromatic carbocycles. The van der Waals surface area contributed by atoms with E-state index in [1.54, 1.807) is 0 Å². The molecule has 5 nitrogen and oxygen atoms in total. The van der Waals surface area contributed by atoms with Crippen LogP contribution in [0, 0.1) is 0 Å². The van der Waals surface area contributed by atoms with Gasteiger partial charge >= 0.3 is 12.4 Å². The number of rotatable bonds is 2. The maximum Gasteiger partial charge on any atom is 0.414 e. The molecule has 0 aliphatic heterocycles. The van der Waals surface area contributed by atoms with E-state index < -0.39 is 29.2 Å². The first kappa shape index (κ1) is 16.0. The number of aryl methyl sites for hydroxylation is 1. The fraction of sp³-hybridized carbons (Fsp3) is 0.364. The lowest BCUT2D eigenvalue weighted by molar-refractivity contribution is -0.290. The van der Waals surface area contributed by atoms with Gasteiger partial charge in [0.1, 0.15) is 0 Å². The van der Waals surface area contributed by atoms with E-state index in [9.17, 15) is 26.3 Å². The highest BCUT2D eigenvalue weighted by atomic mass is 19.4. The van der Waals surface area contributed by atoms with Crippen LogP contribution >= 0.6 is 0 Å². The topological polar surface area (TPSA) is 69.6 Å². The van der Waals surface area contributed by atoms with Crippen molar-refractivity contribution in [2.24, 2.45) is 7.05 Å². The highest BCUT2D eigenvalue weighted by Gasteiger charge is 2.75. The van der Waals surface area contributed by atoms with Crippen LogP contribution in [-0.2, 0) is 12.5 Å². The molecule has 2 rings (SSSR count). The van der Waals surface area contributed by atoms with Crippen LogP contribution in [0.25, 0.3) is 0 Å². The van der Waals surface area contributed by atoms with E-state index in [1.165, 1.54) is 0 Å². The molecule has 1 heterocycles. The SMILES string of the molecule is Cn1nnc(C(c2ccc(N)cc2)(C(F)(F)F)C(F)(F)F)n1. The van der Waals surface area contributed by atoms with E-state index in [-0.39, 0.29) is 5.69 Å². The summed E-state index contributed by atoms with van der Waals surface area (Å²) in [6.07, 6.45) is -11.5. The summed E-state index contributed by atoms with van der Waals surface area (Å²) in [6.45, 7) is 0. The van der Waals surface area contributed by atoms with Gasteiger partial charge in [-0.2, -0.15) is 31.1 Å². The summed E-state index contributed by atoms with van der Waals surface area (Å²) in [5.41, 5.74) is -0.132. The molecule has 0 spiro atoms. The summed E-state index contributed by atoms with van der Waals surface area (Å²) >= 11 is 0. The number of alkyl halides is 6. The lowest BCUT2D eigenvalue weighted by Crippen LogP contribution is -2.55. The Bertz CT molecular complexity index is 643. The van der Waals surface area contributed by atoms with Crippen molar-refractivity contribution in [2.45, 2.75) is 17.8 Å². The number of hydrogen-bond acceptors (Lipinski definition) is 4. The van der Waals surface area contributed by atoms with Crippen molar-refractivity contribution in [3.8, 4) is 0 Å². The molecular weight excluding hydrogens is 316 g/mol. The van der Waals surface area contributed by atoms with Crippen LogP contribution in [-0.4, -0.2) is 32.6 Å². The molecule has 0 aliphatic rings. The van der Waals surface area contributed by atoms with Crippen LogP contribution < -0.4 is 5.73 Å². The lowest BCUT2D eigenvalue weighted by atomic mass is 9.78. The standard InChI is InChI=1S/C11H9F6N5/c1-22-20-8(19-21-22)9(10(12,13)14,11(15,16)17)6-2-4-7(18)5-3-6/h2-5H,18H2,1H3. The average Bonchev–Trinajstić information content (AvgIpc) is 2.75. The highest BCUT2D eigenvalue weighted by Crippen LogP contribution is 2.54. The number of halogens is 6. The zero-order valence-electron chi connectivity index (χ0n) is 10.9. The normalized spacial score (nSPS) is 13.4. The summed E-state index contributed by atoms with van der Waals surface area (Å²) in [7, 11) is 1.07. The van der Waals surface area contributed by atoms with Crippen molar-refractivity contribution in [3.63, 3.8) is 0 Å². The van der Waals surface area contributed by atoms with E-state index in [2.05, 4.69) is 15.4 Å². The van der Waals surface area contributed by atoms with Gasteiger partial charge in [0.2, 0.25) is 11.2 Å². The van der Waals surface area contributed by atoms with Crippen LogP contribution in [0.5, 0.6) is 0 Å². The van der Waals surface area contributed by atoms with E-state index in [0.717, 1.165) is 19.2 Å². The Labute approximate surface area is 119 Å². The lowest BCUT2D eigenvalue weighted by Gasteiger charge is -2.35. The number of aromatic nitrogens is 4. The van der Waals surface area contributed by atoms with Gasteiger partial charge in [-0.05, 0) is 22.9 Å². The summed E-state index contributed by atoms with van der Waals surface area (Å²) < 4.78 is 80.9. The Balaban J connectivity index is 2.85. The first-order valence-corrected chi connectivity index (χ1v) is 5.74. The van der Waals surface area contributed by atoms with E-state index >= 15 is 0 Å². The number of benzene rings is 1. The molecule has 2 aromatic rings. The molecule has 0 saturated carbocycles. The van der Waals surface area contributed by atoms with Gasteiger partial charge in [-0.25, -0.2) is 0 Å².